The molecule has 1 heterocycles. The zero-order chi connectivity index (χ0) is 13.6. The molecule has 1 aliphatic heterocycles. The van der Waals surface area contributed by atoms with Crippen LogP contribution in [0.2, 0.25) is 0 Å². The highest BCUT2D eigenvalue weighted by Crippen LogP contribution is 2.18. The molecule has 108 valence electrons. The Labute approximate surface area is 111 Å². The summed E-state index contributed by atoms with van der Waals surface area (Å²) in [6, 6.07) is 0.249. The van der Waals surface area contributed by atoms with Crippen molar-refractivity contribution in [2.24, 2.45) is 0 Å². The number of nitrogens with one attached hydrogen (secondary N) is 1. The van der Waals surface area contributed by atoms with Crippen LogP contribution in [0.4, 0.5) is 0 Å². The van der Waals surface area contributed by atoms with E-state index in [1.807, 2.05) is 13.8 Å². The lowest BCUT2D eigenvalue weighted by Crippen LogP contribution is -2.35. The van der Waals surface area contributed by atoms with Gasteiger partial charge in [-0.15, -0.1) is 0 Å². The fraction of sp³-hybridized carbons (Fsp3) is 1.00. The van der Waals surface area contributed by atoms with Crippen molar-refractivity contribution in [3.05, 3.63) is 0 Å². The van der Waals surface area contributed by atoms with Gasteiger partial charge in [0, 0.05) is 12.6 Å². The maximum atomic E-state index is 12.2. The predicted molar refractivity (Wildman–Crippen MR) is 74.6 cm³/mol. The Kier molecular flexibility index (Phi) is 6.60. The van der Waals surface area contributed by atoms with Gasteiger partial charge in [0.05, 0.1) is 17.1 Å². The summed E-state index contributed by atoms with van der Waals surface area (Å²) >= 11 is 0. The zero-order valence-corrected chi connectivity index (χ0v) is 12.6. The van der Waals surface area contributed by atoms with E-state index in [2.05, 4.69) is 12.2 Å². The Morgan fingerprint density at radius 2 is 2.11 bits per heavy atom. The Morgan fingerprint density at radius 1 is 1.39 bits per heavy atom. The molecule has 0 bridgehead atoms. The first-order valence-corrected chi connectivity index (χ1v) is 8.73. The second-order valence-corrected chi connectivity index (χ2v) is 7.83. The molecule has 1 fully saturated rings. The van der Waals surface area contributed by atoms with Crippen LogP contribution in [-0.4, -0.2) is 44.7 Å². The van der Waals surface area contributed by atoms with Gasteiger partial charge >= 0.3 is 0 Å². The average Bonchev–Trinajstić information content (AvgIpc) is 2.78. The highest BCUT2D eigenvalue weighted by atomic mass is 32.2. The Bertz CT molecular complexity index is 323. The first kappa shape index (κ1) is 15.9. The lowest BCUT2D eigenvalue weighted by Gasteiger charge is -2.20. The molecule has 0 spiro atoms. The summed E-state index contributed by atoms with van der Waals surface area (Å²) in [6.07, 6.45) is 3.55. The Hall–Kier alpha value is -0.130. The van der Waals surface area contributed by atoms with Crippen LogP contribution in [0.5, 0.6) is 0 Å². The molecule has 1 rings (SSSR count). The van der Waals surface area contributed by atoms with Gasteiger partial charge in [-0.25, -0.2) is 8.42 Å². The van der Waals surface area contributed by atoms with Crippen molar-refractivity contribution in [3.63, 3.8) is 0 Å². The van der Waals surface area contributed by atoms with E-state index in [0.717, 1.165) is 25.8 Å². The fourth-order valence-corrected chi connectivity index (χ4v) is 4.01. The molecule has 0 saturated carbocycles. The third kappa shape index (κ3) is 5.24. The van der Waals surface area contributed by atoms with Crippen LogP contribution < -0.4 is 5.32 Å². The normalized spacial score (nSPS) is 24.1. The molecular formula is C13H27NO3S. The van der Waals surface area contributed by atoms with Crippen LogP contribution in [0.1, 0.15) is 46.5 Å². The second kappa shape index (κ2) is 7.46. The minimum absolute atomic E-state index is 0.0728. The molecule has 18 heavy (non-hydrogen) atoms. The van der Waals surface area contributed by atoms with E-state index in [1.165, 1.54) is 0 Å². The molecule has 1 saturated heterocycles. The van der Waals surface area contributed by atoms with Crippen LogP contribution in [0, 0.1) is 0 Å². The van der Waals surface area contributed by atoms with E-state index < -0.39 is 9.84 Å². The molecule has 0 aromatic rings. The van der Waals surface area contributed by atoms with E-state index in [-0.39, 0.29) is 23.1 Å². The minimum Gasteiger partial charge on any atom is -0.377 e. The molecule has 3 atom stereocenters. The average molecular weight is 277 g/mol. The molecule has 1 aliphatic rings. The van der Waals surface area contributed by atoms with Gasteiger partial charge in [-0.05, 0) is 46.1 Å². The number of ether oxygens (including phenoxy) is 1. The summed E-state index contributed by atoms with van der Waals surface area (Å²) in [6.45, 7) is 7.63. The first-order chi connectivity index (χ1) is 8.45. The van der Waals surface area contributed by atoms with Crippen LogP contribution in [-0.2, 0) is 14.6 Å². The Morgan fingerprint density at radius 3 is 2.67 bits per heavy atom. The summed E-state index contributed by atoms with van der Waals surface area (Å²) < 4.78 is 29.8. The van der Waals surface area contributed by atoms with Gasteiger partial charge in [-0.2, -0.15) is 0 Å². The maximum Gasteiger partial charge on any atom is 0.155 e. The van der Waals surface area contributed by atoms with Gasteiger partial charge in [0.15, 0.2) is 9.84 Å². The molecule has 0 aromatic carbocycles. The molecule has 0 amide bonds. The highest BCUT2D eigenvalue weighted by molar-refractivity contribution is 7.92. The third-order valence-corrected chi connectivity index (χ3v) is 5.74. The number of sulfone groups is 1. The van der Waals surface area contributed by atoms with Crippen molar-refractivity contribution >= 4 is 9.84 Å². The van der Waals surface area contributed by atoms with E-state index in [9.17, 15) is 8.42 Å². The number of hydrogen-bond donors (Lipinski definition) is 1. The fourth-order valence-electron chi connectivity index (χ4n) is 2.32. The summed E-state index contributed by atoms with van der Waals surface area (Å²) in [4.78, 5) is 0. The molecule has 1 N–H and O–H groups in total. The van der Waals surface area contributed by atoms with Gasteiger partial charge < -0.3 is 10.1 Å². The van der Waals surface area contributed by atoms with E-state index in [1.54, 1.807) is 0 Å². The van der Waals surface area contributed by atoms with E-state index in [4.69, 9.17) is 4.74 Å². The van der Waals surface area contributed by atoms with Crippen molar-refractivity contribution in [1.82, 2.24) is 5.32 Å². The van der Waals surface area contributed by atoms with Gasteiger partial charge in [0.25, 0.3) is 0 Å². The molecule has 0 radical (unpaired) electrons. The molecule has 0 aliphatic carbocycles. The molecule has 5 heteroatoms. The predicted octanol–water partition coefficient (Wildman–Crippen LogP) is 1.75. The van der Waals surface area contributed by atoms with Crippen LogP contribution in [0.3, 0.4) is 0 Å². The number of rotatable bonds is 8. The highest BCUT2D eigenvalue weighted by Gasteiger charge is 2.28. The largest absolute Gasteiger partial charge is 0.377 e. The van der Waals surface area contributed by atoms with E-state index >= 15 is 0 Å². The van der Waals surface area contributed by atoms with Crippen molar-refractivity contribution in [2.45, 2.75) is 63.9 Å². The molecule has 4 nitrogen and oxygen atoms in total. The summed E-state index contributed by atoms with van der Waals surface area (Å²) in [7, 11) is -3.03. The summed E-state index contributed by atoms with van der Waals surface area (Å²) in [5.74, 6) is 0.189. The first-order valence-electron chi connectivity index (χ1n) is 7.02. The summed E-state index contributed by atoms with van der Waals surface area (Å²) in [5.41, 5.74) is 0. The topological polar surface area (TPSA) is 55.4 Å². The van der Waals surface area contributed by atoms with Gasteiger partial charge in [0.1, 0.15) is 0 Å². The molecule has 0 aromatic heterocycles. The lowest BCUT2D eigenvalue weighted by molar-refractivity contribution is 0.127. The third-order valence-electron chi connectivity index (χ3n) is 3.48. The monoisotopic (exact) mass is 277 g/mol. The van der Waals surface area contributed by atoms with Crippen LogP contribution in [0.25, 0.3) is 0 Å². The quantitative estimate of drug-likeness (QED) is 0.734. The molecular weight excluding hydrogens is 250 g/mol. The van der Waals surface area contributed by atoms with Gasteiger partial charge in [-0.3, -0.25) is 0 Å². The van der Waals surface area contributed by atoms with Crippen LogP contribution >= 0.6 is 0 Å². The smallest absolute Gasteiger partial charge is 0.155 e. The SMILES string of the molecule is CCCNC(C)CC(C)S(=O)(=O)CC1CCCO1. The standard InChI is InChI=1S/C13H27NO3S/c1-4-7-14-11(2)9-12(3)18(15,16)10-13-6-5-8-17-13/h11-14H,4-10H2,1-3H3. The van der Waals surface area contributed by atoms with Crippen molar-refractivity contribution in [3.8, 4) is 0 Å². The maximum absolute atomic E-state index is 12.2. The lowest BCUT2D eigenvalue weighted by atomic mass is 10.2. The van der Waals surface area contributed by atoms with E-state index in [0.29, 0.717) is 13.0 Å². The van der Waals surface area contributed by atoms with Crippen molar-refractivity contribution < 1.29 is 13.2 Å². The van der Waals surface area contributed by atoms with Crippen LogP contribution in [0.15, 0.2) is 0 Å². The van der Waals surface area contributed by atoms with Gasteiger partial charge in [0.2, 0.25) is 0 Å². The minimum atomic E-state index is -3.03. The van der Waals surface area contributed by atoms with Crippen molar-refractivity contribution in [2.75, 3.05) is 18.9 Å². The Balaban J connectivity index is 2.40. The van der Waals surface area contributed by atoms with Crippen molar-refractivity contribution in [1.29, 1.82) is 0 Å². The second-order valence-electron chi connectivity index (χ2n) is 5.37. The summed E-state index contributed by atoms with van der Waals surface area (Å²) in [5, 5.41) is 3.04. The number of hydrogen-bond acceptors (Lipinski definition) is 4. The molecule has 3 unspecified atom stereocenters. The van der Waals surface area contributed by atoms with Gasteiger partial charge in [-0.1, -0.05) is 6.92 Å². The zero-order valence-electron chi connectivity index (χ0n) is 11.8.